The van der Waals surface area contributed by atoms with Gasteiger partial charge in [-0.2, -0.15) is 5.10 Å². The number of likely N-dealkylation sites (tertiary alicyclic amines) is 1. The molecule has 1 fully saturated rings. The molecule has 2 heterocycles. The molecule has 1 aromatic heterocycles. The monoisotopic (exact) mass is 360 g/mol. The van der Waals surface area contributed by atoms with Gasteiger partial charge in [0.2, 0.25) is 0 Å². The van der Waals surface area contributed by atoms with E-state index >= 15 is 0 Å². The van der Waals surface area contributed by atoms with Crippen LogP contribution in [0.2, 0.25) is 0 Å². The lowest BCUT2D eigenvalue weighted by molar-refractivity contribution is 0.0933. The average Bonchev–Trinajstić information content (AvgIpc) is 3.42. The van der Waals surface area contributed by atoms with Gasteiger partial charge in [-0.3, -0.25) is 14.8 Å². The van der Waals surface area contributed by atoms with Gasteiger partial charge in [-0.05, 0) is 37.6 Å². The standard InChI is InChI=1S/C22H24N4O/c27-22(20-15-19(24-25-20)17-9-3-1-4-10-17)23-16-21(26-13-7-8-14-26)18-11-5-2-6-12-18/h1-6,9-12,15,21H,7-8,13-14,16H2,(H,23,27)(H,24,25). The molecule has 1 atom stereocenters. The first-order chi connectivity index (χ1) is 13.3. The molecule has 1 amide bonds. The van der Waals surface area contributed by atoms with E-state index in [0.29, 0.717) is 12.2 Å². The fourth-order valence-corrected chi connectivity index (χ4v) is 3.67. The molecule has 1 aliphatic rings. The third-order valence-corrected chi connectivity index (χ3v) is 5.11. The minimum absolute atomic E-state index is 0.121. The van der Waals surface area contributed by atoms with Gasteiger partial charge in [0.25, 0.3) is 5.91 Å². The van der Waals surface area contributed by atoms with E-state index in [1.807, 2.05) is 36.4 Å². The first-order valence-electron chi connectivity index (χ1n) is 9.49. The Balaban J connectivity index is 1.45. The van der Waals surface area contributed by atoms with Gasteiger partial charge in [-0.25, -0.2) is 0 Å². The molecule has 27 heavy (non-hydrogen) atoms. The number of carbonyl (C=O) groups excluding carboxylic acids is 1. The number of aromatic nitrogens is 2. The summed E-state index contributed by atoms with van der Waals surface area (Å²) in [5.41, 5.74) is 3.50. The molecule has 5 nitrogen and oxygen atoms in total. The average molecular weight is 360 g/mol. The van der Waals surface area contributed by atoms with Crippen LogP contribution in [0, 0.1) is 0 Å². The van der Waals surface area contributed by atoms with Crippen molar-refractivity contribution in [1.82, 2.24) is 20.4 Å². The Morgan fingerprint density at radius 3 is 2.41 bits per heavy atom. The van der Waals surface area contributed by atoms with Crippen molar-refractivity contribution in [2.24, 2.45) is 0 Å². The highest BCUT2D eigenvalue weighted by atomic mass is 16.1. The number of carbonyl (C=O) groups is 1. The summed E-state index contributed by atoms with van der Waals surface area (Å²) >= 11 is 0. The summed E-state index contributed by atoms with van der Waals surface area (Å²) in [6.45, 7) is 2.75. The lowest BCUT2D eigenvalue weighted by atomic mass is 10.1. The van der Waals surface area contributed by atoms with Crippen LogP contribution in [0.3, 0.4) is 0 Å². The zero-order chi connectivity index (χ0) is 18.5. The summed E-state index contributed by atoms with van der Waals surface area (Å²) in [6.07, 6.45) is 2.44. The number of aromatic amines is 1. The molecule has 1 unspecified atom stereocenters. The van der Waals surface area contributed by atoms with Crippen LogP contribution in [-0.4, -0.2) is 40.6 Å². The van der Waals surface area contributed by atoms with Crippen molar-refractivity contribution >= 4 is 5.91 Å². The Kier molecular flexibility index (Phi) is 5.30. The Labute approximate surface area is 159 Å². The van der Waals surface area contributed by atoms with E-state index in [4.69, 9.17) is 0 Å². The Morgan fingerprint density at radius 2 is 1.70 bits per heavy atom. The van der Waals surface area contributed by atoms with Crippen molar-refractivity contribution in [3.63, 3.8) is 0 Å². The number of benzene rings is 2. The summed E-state index contributed by atoms with van der Waals surface area (Å²) in [6, 6.07) is 22.3. The maximum atomic E-state index is 12.6. The topological polar surface area (TPSA) is 61.0 Å². The van der Waals surface area contributed by atoms with Gasteiger partial charge >= 0.3 is 0 Å². The number of nitrogens with zero attached hydrogens (tertiary/aromatic N) is 2. The quantitative estimate of drug-likeness (QED) is 0.705. The van der Waals surface area contributed by atoms with Gasteiger partial charge in [0.15, 0.2) is 0 Å². The van der Waals surface area contributed by atoms with Gasteiger partial charge in [0.1, 0.15) is 5.69 Å². The molecule has 3 aromatic rings. The Morgan fingerprint density at radius 1 is 1.04 bits per heavy atom. The minimum Gasteiger partial charge on any atom is -0.349 e. The molecular weight excluding hydrogens is 336 g/mol. The predicted molar refractivity (Wildman–Crippen MR) is 106 cm³/mol. The maximum absolute atomic E-state index is 12.6. The van der Waals surface area contributed by atoms with Gasteiger partial charge in [-0.1, -0.05) is 60.7 Å². The predicted octanol–water partition coefficient (Wildman–Crippen LogP) is 3.64. The SMILES string of the molecule is O=C(NCC(c1ccccc1)N1CCCC1)c1cc(-c2ccccc2)n[nH]1. The third-order valence-electron chi connectivity index (χ3n) is 5.11. The zero-order valence-corrected chi connectivity index (χ0v) is 15.3. The molecule has 2 N–H and O–H groups in total. The van der Waals surface area contributed by atoms with Crippen molar-refractivity contribution in [2.45, 2.75) is 18.9 Å². The van der Waals surface area contributed by atoms with E-state index < -0.39 is 0 Å². The van der Waals surface area contributed by atoms with E-state index in [1.54, 1.807) is 6.07 Å². The lowest BCUT2D eigenvalue weighted by Gasteiger charge is -2.28. The number of hydrogen-bond acceptors (Lipinski definition) is 3. The smallest absolute Gasteiger partial charge is 0.269 e. The Hall–Kier alpha value is -2.92. The summed E-state index contributed by atoms with van der Waals surface area (Å²) in [5.74, 6) is -0.121. The molecule has 0 spiro atoms. The first kappa shape index (κ1) is 17.5. The van der Waals surface area contributed by atoms with Gasteiger partial charge in [0.05, 0.1) is 11.7 Å². The normalized spacial score (nSPS) is 15.6. The summed E-state index contributed by atoms with van der Waals surface area (Å²) < 4.78 is 0. The highest BCUT2D eigenvalue weighted by molar-refractivity contribution is 5.93. The van der Waals surface area contributed by atoms with Crippen molar-refractivity contribution < 1.29 is 4.79 Å². The molecule has 1 saturated heterocycles. The summed E-state index contributed by atoms with van der Waals surface area (Å²) in [4.78, 5) is 15.1. The number of nitrogens with one attached hydrogen (secondary N) is 2. The van der Waals surface area contributed by atoms with Crippen LogP contribution < -0.4 is 5.32 Å². The van der Waals surface area contributed by atoms with E-state index in [9.17, 15) is 4.79 Å². The fraction of sp³-hybridized carbons (Fsp3) is 0.273. The summed E-state index contributed by atoms with van der Waals surface area (Å²) in [5, 5.41) is 10.2. The first-order valence-corrected chi connectivity index (χ1v) is 9.49. The molecule has 0 radical (unpaired) electrons. The van der Waals surface area contributed by atoms with E-state index in [0.717, 1.165) is 24.3 Å². The highest BCUT2D eigenvalue weighted by Crippen LogP contribution is 2.24. The number of H-pyrrole nitrogens is 1. The van der Waals surface area contributed by atoms with Crippen molar-refractivity contribution in [1.29, 1.82) is 0 Å². The van der Waals surface area contributed by atoms with Crippen molar-refractivity contribution in [2.75, 3.05) is 19.6 Å². The minimum atomic E-state index is -0.121. The fourth-order valence-electron chi connectivity index (χ4n) is 3.67. The second-order valence-electron chi connectivity index (χ2n) is 6.91. The van der Waals surface area contributed by atoms with Crippen LogP contribution in [-0.2, 0) is 0 Å². The highest BCUT2D eigenvalue weighted by Gasteiger charge is 2.24. The van der Waals surface area contributed by atoms with E-state index in [-0.39, 0.29) is 11.9 Å². The largest absolute Gasteiger partial charge is 0.349 e. The third kappa shape index (κ3) is 4.09. The van der Waals surface area contributed by atoms with E-state index in [1.165, 1.54) is 18.4 Å². The molecule has 4 rings (SSSR count). The molecule has 138 valence electrons. The van der Waals surface area contributed by atoms with E-state index in [2.05, 4.69) is 44.7 Å². The van der Waals surface area contributed by atoms with Crippen LogP contribution in [0.1, 0.15) is 34.9 Å². The van der Waals surface area contributed by atoms with Gasteiger partial charge < -0.3 is 5.32 Å². The van der Waals surface area contributed by atoms with Crippen molar-refractivity contribution in [3.8, 4) is 11.3 Å². The van der Waals surface area contributed by atoms with Crippen molar-refractivity contribution in [3.05, 3.63) is 78.0 Å². The summed E-state index contributed by atoms with van der Waals surface area (Å²) in [7, 11) is 0. The van der Waals surface area contributed by atoms with Gasteiger partial charge in [0, 0.05) is 12.1 Å². The molecule has 1 aliphatic heterocycles. The second kappa shape index (κ2) is 8.18. The van der Waals surface area contributed by atoms with Crippen LogP contribution >= 0.6 is 0 Å². The van der Waals surface area contributed by atoms with Crippen LogP contribution in [0.5, 0.6) is 0 Å². The number of rotatable bonds is 6. The molecule has 0 bridgehead atoms. The van der Waals surface area contributed by atoms with Gasteiger partial charge in [-0.15, -0.1) is 0 Å². The Bertz CT molecular complexity index is 870. The lowest BCUT2D eigenvalue weighted by Crippen LogP contribution is -2.36. The molecule has 0 saturated carbocycles. The van der Waals surface area contributed by atoms with Crippen LogP contribution in [0.4, 0.5) is 0 Å². The molecule has 2 aromatic carbocycles. The van der Waals surface area contributed by atoms with Crippen LogP contribution in [0.15, 0.2) is 66.7 Å². The number of amides is 1. The van der Waals surface area contributed by atoms with Crippen LogP contribution in [0.25, 0.3) is 11.3 Å². The second-order valence-corrected chi connectivity index (χ2v) is 6.91. The number of hydrogen-bond donors (Lipinski definition) is 2. The molecule has 5 heteroatoms. The molecular formula is C22H24N4O. The maximum Gasteiger partial charge on any atom is 0.269 e. The molecule has 0 aliphatic carbocycles. The zero-order valence-electron chi connectivity index (χ0n) is 15.3.